The van der Waals surface area contributed by atoms with Crippen LogP contribution in [-0.2, 0) is 12.8 Å². The average Bonchev–Trinajstić information content (AvgIpc) is 2.97. The first-order chi connectivity index (χ1) is 9.72. The largest absolute Gasteiger partial charge is 0.330 e. The highest BCUT2D eigenvalue weighted by Crippen LogP contribution is 2.28. The lowest BCUT2D eigenvalue weighted by Gasteiger charge is -2.04. The Kier molecular flexibility index (Phi) is 3.59. The summed E-state index contributed by atoms with van der Waals surface area (Å²) in [5.41, 5.74) is 10.6. The molecule has 3 aromatic rings. The summed E-state index contributed by atoms with van der Waals surface area (Å²) in [5, 5.41) is 0. The van der Waals surface area contributed by atoms with Crippen molar-refractivity contribution in [1.82, 2.24) is 9.38 Å². The molecule has 0 radical (unpaired) electrons. The second-order valence-electron chi connectivity index (χ2n) is 4.99. The molecule has 20 heavy (non-hydrogen) atoms. The van der Waals surface area contributed by atoms with Crippen LogP contribution >= 0.6 is 11.3 Å². The van der Waals surface area contributed by atoms with Crippen molar-refractivity contribution in [2.75, 3.05) is 6.54 Å². The topological polar surface area (TPSA) is 43.3 Å². The minimum Gasteiger partial charge on any atom is -0.330 e. The minimum atomic E-state index is 0.642. The van der Waals surface area contributed by atoms with Gasteiger partial charge in [0.25, 0.3) is 0 Å². The molecule has 0 amide bonds. The maximum atomic E-state index is 5.77. The summed E-state index contributed by atoms with van der Waals surface area (Å²) in [6.07, 6.45) is 4.07. The fourth-order valence-electron chi connectivity index (χ4n) is 2.51. The van der Waals surface area contributed by atoms with Crippen LogP contribution in [0.5, 0.6) is 0 Å². The van der Waals surface area contributed by atoms with Crippen LogP contribution in [0.3, 0.4) is 0 Å². The first-order valence-electron chi connectivity index (χ1n) is 6.99. The van der Waals surface area contributed by atoms with Crippen molar-refractivity contribution >= 4 is 16.3 Å². The summed E-state index contributed by atoms with van der Waals surface area (Å²) in [6, 6.07) is 8.69. The molecule has 0 unspecified atom stereocenters. The predicted octanol–water partition coefficient (Wildman–Crippen LogP) is 3.43. The van der Waals surface area contributed by atoms with E-state index in [0.29, 0.717) is 6.54 Å². The molecule has 4 heteroatoms. The molecule has 3 rings (SSSR count). The number of nitrogens with two attached hydrogens (primary N) is 1. The molecule has 0 saturated heterocycles. The number of imidazole rings is 1. The molecule has 0 spiro atoms. The molecule has 0 aliphatic heterocycles. The van der Waals surface area contributed by atoms with Crippen molar-refractivity contribution in [3.8, 4) is 11.3 Å². The van der Waals surface area contributed by atoms with Gasteiger partial charge in [-0.1, -0.05) is 31.2 Å². The van der Waals surface area contributed by atoms with Crippen LogP contribution in [0.15, 0.2) is 30.5 Å². The number of aromatic nitrogens is 2. The Labute approximate surface area is 123 Å². The lowest BCUT2D eigenvalue weighted by atomic mass is 10.1. The lowest BCUT2D eigenvalue weighted by molar-refractivity contribution is 0.910. The highest BCUT2D eigenvalue weighted by Gasteiger charge is 2.15. The van der Waals surface area contributed by atoms with Crippen LogP contribution in [0.1, 0.15) is 23.1 Å². The van der Waals surface area contributed by atoms with Gasteiger partial charge in [0.05, 0.1) is 11.4 Å². The summed E-state index contributed by atoms with van der Waals surface area (Å²) < 4.78 is 2.19. The maximum absolute atomic E-state index is 5.77. The third kappa shape index (κ3) is 2.25. The Bertz CT molecular complexity index is 722. The Morgan fingerprint density at radius 3 is 2.65 bits per heavy atom. The van der Waals surface area contributed by atoms with Crippen LogP contribution in [0.25, 0.3) is 16.2 Å². The van der Waals surface area contributed by atoms with Gasteiger partial charge in [-0.05, 0) is 25.5 Å². The zero-order valence-corrected chi connectivity index (χ0v) is 12.7. The van der Waals surface area contributed by atoms with Gasteiger partial charge in [0.1, 0.15) is 0 Å². The number of rotatable bonds is 4. The first-order valence-corrected chi connectivity index (χ1v) is 7.81. The molecule has 2 N–H and O–H groups in total. The zero-order chi connectivity index (χ0) is 14.1. The Balaban J connectivity index is 2.13. The van der Waals surface area contributed by atoms with Crippen molar-refractivity contribution in [3.05, 3.63) is 46.6 Å². The first kappa shape index (κ1) is 13.3. The Hall–Kier alpha value is -1.65. The molecule has 0 saturated carbocycles. The van der Waals surface area contributed by atoms with Gasteiger partial charge in [0, 0.05) is 23.1 Å². The van der Waals surface area contributed by atoms with Crippen molar-refractivity contribution < 1.29 is 0 Å². The standard InChI is InChI=1S/C16H19N3S/c1-3-12-4-6-13(7-5-12)15-14(8-9-17)19-10-11(2)20-16(19)18-15/h4-7,10H,3,8-9,17H2,1-2H3. The molecule has 0 aliphatic rings. The van der Waals surface area contributed by atoms with Gasteiger partial charge in [-0.15, -0.1) is 11.3 Å². The van der Waals surface area contributed by atoms with Crippen LogP contribution in [0.2, 0.25) is 0 Å². The molecule has 0 bridgehead atoms. The van der Waals surface area contributed by atoms with Gasteiger partial charge in [-0.2, -0.15) is 0 Å². The number of benzene rings is 1. The minimum absolute atomic E-state index is 0.642. The molecule has 0 aliphatic carbocycles. The normalized spacial score (nSPS) is 11.3. The van der Waals surface area contributed by atoms with Crippen molar-refractivity contribution in [3.63, 3.8) is 0 Å². The van der Waals surface area contributed by atoms with Crippen molar-refractivity contribution in [1.29, 1.82) is 0 Å². The number of thiazole rings is 1. The van der Waals surface area contributed by atoms with Gasteiger partial charge >= 0.3 is 0 Å². The lowest BCUT2D eigenvalue weighted by Crippen LogP contribution is -2.05. The highest BCUT2D eigenvalue weighted by atomic mass is 32.1. The SMILES string of the molecule is CCc1ccc(-c2nc3sc(C)cn3c2CCN)cc1. The molecule has 2 heterocycles. The van der Waals surface area contributed by atoms with Gasteiger partial charge in [0.2, 0.25) is 0 Å². The molecule has 3 nitrogen and oxygen atoms in total. The second-order valence-corrected chi connectivity index (χ2v) is 6.20. The number of fused-ring (bicyclic) bond motifs is 1. The highest BCUT2D eigenvalue weighted by molar-refractivity contribution is 7.17. The number of nitrogens with zero attached hydrogens (tertiary/aromatic N) is 2. The summed E-state index contributed by atoms with van der Waals surface area (Å²) in [7, 11) is 0. The Morgan fingerprint density at radius 1 is 1.25 bits per heavy atom. The summed E-state index contributed by atoms with van der Waals surface area (Å²) in [4.78, 5) is 7.14. The van der Waals surface area contributed by atoms with Crippen LogP contribution in [-0.4, -0.2) is 15.9 Å². The van der Waals surface area contributed by atoms with Gasteiger partial charge in [-0.25, -0.2) is 4.98 Å². The average molecular weight is 285 g/mol. The van der Waals surface area contributed by atoms with E-state index in [9.17, 15) is 0 Å². The molecule has 104 valence electrons. The predicted molar refractivity (Wildman–Crippen MR) is 85.4 cm³/mol. The number of hydrogen-bond donors (Lipinski definition) is 1. The van der Waals surface area contributed by atoms with Crippen LogP contribution in [0.4, 0.5) is 0 Å². The van der Waals surface area contributed by atoms with E-state index in [4.69, 9.17) is 10.7 Å². The van der Waals surface area contributed by atoms with Crippen LogP contribution < -0.4 is 5.73 Å². The van der Waals surface area contributed by atoms with E-state index in [2.05, 4.69) is 48.7 Å². The van der Waals surface area contributed by atoms with Gasteiger partial charge in [0.15, 0.2) is 4.96 Å². The third-order valence-corrected chi connectivity index (χ3v) is 4.46. The van der Waals surface area contributed by atoms with Crippen molar-refractivity contribution in [2.24, 2.45) is 5.73 Å². The van der Waals surface area contributed by atoms with Crippen LogP contribution in [0, 0.1) is 6.92 Å². The van der Waals surface area contributed by atoms with Crippen molar-refractivity contribution in [2.45, 2.75) is 26.7 Å². The molecule has 0 atom stereocenters. The second kappa shape index (κ2) is 5.38. The van der Waals surface area contributed by atoms with E-state index in [-0.39, 0.29) is 0 Å². The smallest absolute Gasteiger partial charge is 0.194 e. The molecular formula is C16H19N3S. The molecular weight excluding hydrogens is 266 g/mol. The molecule has 0 fully saturated rings. The molecule has 1 aromatic carbocycles. The summed E-state index contributed by atoms with van der Waals surface area (Å²) in [6.45, 7) is 4.92. The Morgan fingerprint density at radius 2 is 2.00 bits per heavy atom. The van der Waals surface area contributed by atoms with E-state index in [1.54, 1.807) is 11.3 Å². The fourth-order valence-corrected chi connectivity index (χ4v) is 3.35. The maximum Gasteiger partial charge on any atom is 0.194 e. The van der Waals surface area contributed by atoms with Gasteiger partial charge < -0.3 is 5.73 Å². The molecule has 2 aromatic heterocycles. The van der Waals surface area contributed by atoms with E-state index in [1.807, 2.05) is 0 Å². The monoisotopic (exact) mass is 285 g/mol. The summed E-state index contributed by atoms with van der Waals surface area (Å²) >= 11 is 1.73. The van der Waals surface area contributed by atoms with Gasteiger partial charge in [-0.3, -0.25) is 4.40 Å². The van der Waals surface area contributed by atoms with E-state index in [1.165, 1.54) is 21.7 Å². The number of hydrogen-bond acceptors (Lipinski definition) is 3. The quantitative estimate of drug-likeness (QED) is 0.798. The van der Waals surface area contributed by atoms with E-state index in [0.717, 1.165) is 23.5 Å². The summed E-state index contributed by atoms with van der Waals surface area (Å²) in [5.74, 6) is 0. The fraction of sp³-hybridized carbons (Fsp3) is 0.312. The van der Waals surface area contributed by atoms with E-state index >= 15 is 0 Å². The number of aryl methyl sites for hydroxylation is 2. The zero-order valence-electron chi connectivity index (χ0n) is 11.9. The van der Waals surface area contributed by atoms with E-state index < -0.39 is 0 Å². The third-order valence-electron chi connectivity index (χ3n) is 3.56.